The van der Waals surface area contributed by atoms with Gasteiger partial charge in [-0.25, -0.2) is 0 Å². The third kappa shape index (κ3) is 3.46. The highest BCUT2D eigenvalue weighted by atomic mass is 15.2. The molecule has 0 aromatic rings. The summed E-state index contributed by atoms with van der Waals surface area (Å²) < 4.78 is 0. The van der Waals surface area contributed by atoms with E-state index in [0.717, 1.165) is 18.5 Å². The molecular formula is C13H28N2. The van der Waals surface area contributed by atoms with Crippen LogP contribution in [0.3, 0.4) is 0 Å². The van der Waals surface area contributed by atoms with Crippen molar-refractivity contribution < 1.29 is 0 Å². The quantitative estimate of drug-likeness (QED) is 0.759. The maximum atomic E-state index is 5.90. The number of nitrogens with zero attached hydrogens (tertiary/aromatic N) is 1. The Bertz CT molecular complexity index is 168. The second-order valence-corrected chi connectivity index (χ2v) is 5.18. The van der Waals surface area contributed by atoms with Gasteiger partial charge in [-0.15, -0.1) is 0 Å². The van der Waals surface area contributed by atoms with Crippen LogP contribution in [0.5, 0.6) is 0 Å². The fourth-order valence-electron chi connectivity index (χ4n) is 2.96. The smallest absolute Gasteiger partial charge is 0.0138 e. The third-order valence-electron chi connectivity index (χ3n) is 3.74. The Morgan fingerprint density at radius 3 is 2.47 bits per heavy atom. The van der Waals surface area contributed by atoms with Gasteiger partial charge in [-0.05, 0) is 52.1 Å². The summed E-state index contributed by atoms with van der Waals surface area (Å²) in [5, 5.41) is 0. The predicted octanol–water partition coefficient (Wildman–Crippen LogP) is 2.62. The second-order valence-electron chi connectivity index (χ2n) is 5.18. The van der Waals surface area contributed by atoms with Crippen molar-refractivity contribution in [2.75, 3.05) is 13.1 Å². The minimum atomic E-state index is 0.669. The lowest BCUT2D eigenvalue weighted by Gasteiger charge is -2.42. The van der Waals surface area contributed by atoms with Gasteiger partial charge >= 0.3 is 0 Å². The largest absolute Gasteiger partial charge is 0.330 e. The lowest BCUT2D eigenvalue weighted by atomic mass is 9.83. The fraction of sp³-hybridized carbons (Fsp3) is 1.00. The average molecular weight is 212 g/mol. The summed E-state index contributed by atoms with van der Waals surface area (Å²) in [5.74, 6) is 0.743. The first-order valence-electron chi connectivity index (χ1n) is 6.66. The Balaban J connectivity index is 2.61. The zero-order chi connectivity index (χ0) is 11.3. The van der Waals surface area contributed by atoms with Crippen LogP contribution in [0, 0.1) is 5.92 Å². The topological polar surface area (TPSA) is 29.3 Å². The van der Waals surface area contributed by atoms with Crippen LogP contribution in [0.25, 0.3) is 0 Å². The van der Waals surface area contributed by atoms with E-state index < -0.39 is 0 Å². The van der Waals surface area contributed by atoms with Gasteiger partial charge in [0, 0.05) is 12.1 Å². The molecule has 2 unspecified atom stereocenters. The molecule has 0 aromatic heterocycles. The number of nitrogens with two attached hydrogens (primary N) is 1. The first kappa shape index (κ1) is 13.0. The Kier molecular flexibility index (Phi) is 5.62. The zero-order valence-corrected chi connectivity index (χ0v) is 10.7. The highest BCUT2D eigenvalue weighted by Crippen LogP contribution is 2.29. The van der Waals surface area contributed by atoms with E-state index in [1.807, 2.05) is 0 Å². The molecule has 2 N–H and O–H groups in total. The van der Waals surface area contributed by atoms with Crippen LogP contribution in [-0.2, 0) is 0 Å². The van der Waals surface area contributed by atoms with E-state index in [1.54, 1.807) is 0 Å². The van der Waals surface area contributed by atoms with Gasteiger partial charge in [0.1, 0.15) is 0 Å². The first-order chi connectivity index (χ1) is 7.20. The van der Waals surface area contributed by atoms with E-state index in [2.05, 4.69) is 25.7 Å². The van der Waals surface area contributed by atoms with Gasteiger partial charge in [-0.2, -0.15) is 0 Å². The van der Waals surface area contributed by atoms with E-state index in [4.69, 9.17) is 5.73 Å². The minimum absolute atomic E-state index is 0.669. The van der Waals surface area contributed by atoms with Gasteiger partial charge in [0.25, 0.3) is 0 Å². The summed E-state index contributed by atoms with van der Waals surface area (Å²) >= 11 is 0. The van der Waals surface area contributed by atoms with Crippen molar-refractivity contribution in [2.45, 2.75) is 65.0 Å². The van der Waals surface area contributed by atoms with Gasteiger partial charge < -0.3 is 5.73 Å². The Hall–Kier alpha value is -0.0800. The highest BCUT2D eigenvalue weighted by Gasteiger charge is 2.29. The van der Waals surface area contributed by atoms with Crippen molar-refractivity contribution in [3.05, 3.63) is 0 Å². The molecule has 2 heteroatoms. The Labute approximate surface area is 95.2 Å². The van der Waals surface area contributed by atoms with E-state index in [0.29, 0.717) is 6.04 Å². The molecule has 1 rings (SSSR count). The summed E-state index contributed by atoms with van der Waals surface area (Å²) in [6, 6.07) is 1.42. The SMILES string of the molecule is CCCN(C(C)C)C1CCCCC1CN. The first-order valence-corrected chi connectivity index (χ1v) is 6.66. The summed E-state index contributed by atoms with van der Waals surface area (Å²) in [7, 11) is 0. The lowest BCUT2D eigenvalue weighted by Crippen LogP contribution is -2.48. The van der Waals surface area contributed by atoms with Gasteiger partial charge in [0.2, 0.25) is 0 Å². The molecule has 2 atom stereocenters. The Morgan fingerprint density at radius 1 is 1.27 bits per heavy atom. The van der Waals surface area contributed by atoms with Crippen LogP contribution in [0.15, 0.2) is 0 Å². The zero-order valence-electron chi connectivity index (χ0n) is 10.7. The molecule has 0 heterocycles. The fourth-order valence-corrected chi connectivity index (χ4v) is 2.96. The van der Waals surface area contributed by atoms with E-state index in [9.17, 15) is 0 Å². The minimum Gasteiger partial charge on any atom is -0.330 e. The maximum absolute atomic E-state index is 5.90. The van der Waals surface area contributed by atoms with Crippen molar-refractivity contribution in [3.8, 4) is 0 Å². The normalized spacial score (nSPS) is 27.6. The molecule has 1 aliphatic carbocycles. The molecular weight excluding hydrogens is 184 g/mol. The average Bonchev–Trinajstić information content (AvgIpc) is 2.25. The van der Waals surface area contributed by atoms with E-state index in [1.165, 1.54) is 38.6 Å². The van der Waals surface area contributed by atoms with Crippen molar-refractivity contribution in [2.24, 2.45) is 11.7 Å². The van der Waals surface area contributed by atoms with Crippen molar-refractivity contribution in [1.29, 1.82) is 0 Å². The summed E-state index contributed by atoms with van der Waals surface area (Å²) in [6.07, 6.45) is 6.74. The van der Waals surface area contributed by atoms with Crippen LogP contribution in [0.1, 0.15) is 52.9 Å². The molecule has 1 aliphatic rings. The summed E-state index contributed by atoms with van der Waals surface area (Å²) in [6.45, 7) is 9.02. The van der Waals surface area contributed by atoms with Gasteiger partial charge in [0.05, 0.1) is 0 Å². The van der Waals surface area contributed by atoms with Crippen LogP contribution in [-0.4, -0.2) is 30.1 Å². The Morgan fingerprint density at radius 2 is 1.93 bits per heavy atom. The van der Waals surface area contributed by atoms with Crippen molar-refractivity contribution in [3.63, 3.8) is 0 Å². The van der Waals surface area contributed by atoms with Gasteiger partial charge in [-0.1, -0.05) is 19.8 Å². The lowest BCUT2D eigenvalue weighted by molar-refractivity contribution is 0.0785. The molecule has 2 nitrogen and oxygen atoms in total. The van der Waals surface area contributed by atoms with Crippen LogP contribution >= 0.6 is 0 Å². The predicted molar refractivity (Wildman–Crippen MR) is 66.9 cm³/mol. The number of hydrogen-bond acceptors (Lipinski definition) is 2. The van der Waals surface area contributed by atoms with Gasteiger partial charge in [0.15, 0.2) is 0 Å². The molecule has 90 valence electrons. The summed E-state index contributed by atoms with van der Waals surface area (Å²) in [5.41, 5.74) is 5.90. The third-order valence-corrected chi connectivity index (χ3v) is 3.74. The van der Waals surface area contributed by atoms with Gasteiger partial charge in [-0.3, -0.25) is 4.90 Å². The molecule has 1 saturated carbocycles. The summed E-state index contributed by atoms with van der Waals surface area (Å²) in [4.78, 5) is 2.68. The van der Waals surface area contributed by atoms with Crippen LogP contribution in [0.4, 0.5) is 0 Å². The molecule has 0 radical (unpaired) electrons. The molecule has 0 amide bonds. The number of hydrogen-bond donors (Lipinski definition) is 1. The van der Waals surface area contributed by atoms with Crippen molar-refractivity contribution >= 4 is 0 Å². The molecule has 0 spiro atoms. The molecule has 0 aliphatic heterocycles. The van der Waals surface area contributed by atoms with Crippen molar-refractivity contribution in [1.82, 2.24) is 4.90 Å². The van der Waals surface area contributed by atoms with E-state index >= 15 is 0 Å². The standard InChI is InChI=1S/C13H28N2/c1-4-9-15(11(2)3)13-8-6-5-7-12(13)10-14/h11-13H,4-10,14H2,1-3H3. The molecule has 0 bridgehead atoms. The second kappa shape index (κ2) is 6.49. The van der Waals surface area contributed by atoms with Crippen LogP contribution in [0.2, 0.25) is 0 Å². The maximum Gasteiger partial charge on any atom is 0.0138 e. The molecule has 0 aromatic carbocycles. The van der Waals surface area contributed by atoms with E-state index in [-0.39, 0.29) is 0 Å². The highest BCUT2D eigenvalue weighted by molar-refractivity contribution is 4.85. The molecule has 1 fully saturated rings. The molecule has 15 heavy (non-hydrogen) atoms. The molecule has 0 saturated heterocycles. The number of rotatable bonds is 5. The monoisotopic (exact) mass is 212 g/mol. The van der Waals surface area contributed by atoms with Crippen LogP contribution < -0.4 is 5.73 Å².